The summed E-state index contributed by atoms with van der Waals surface area (Å²) >= 11 is 0. The highest BCUT2D eigenvalue weighted by molar-refractivity contribution is 5.30. The zero-order valence-corrected chi connectivity index (χ0v) is 12.1. The van der Waals surface area contributed by atoms with Crippen molar-refractivity contribution >= 4 is 0 Å². The summed E-state index contributed by atoms with van der Waals surface area (Å²) in [5.41, 5.74) is 4.59. The summed E-state index contributed by atoms with van der Waals surface area (Å²) in [7, 11) is 0. The van der Waals surface area contributed by atoms with Gasteiger partial charge in [0.05, 0.1) is 24.3 Å². The number of aliphatic hydroxyl groups is 1. The molecule has 3 nitrogen and oxygen atoms in total. The van der Waals surface area contributed by atoms with Gasteiger partial charge in [-0.05, 0) is 44.4 Å². The predicted molar refractivity (Wildman–Crippen MR) is 77.2 cm³/mol. The Kier molecular flexibility index (Phi) is 4.05. The molecule has 0 radical (unpaired) electrons. The highest BCUT2D eigenvalue weighted by Gasteiger charge is 2.15. The van der Waals surface area contributed by atoms with Crippen LogP contribution in [0, 0.1) is 13.8 Å². The van der Waals surface area contributed by atoms with Crippen LogP contribution in [0.15, 0.2) is 30.7 Å². The number of rotatable bonds is 4. The number of aliphatic hydroxyl groups excluding tert-OH is 1. The molecule has 0 spiro atoms. The van der Waals surface area contributed by atoms with Crippen molar-refractivity contribution in [3.63, 3.8) is 0 Å². The number of hydrogen-bond acceptors (Lipinski definition) is 2. The van der Waals surface area contributed by atoms with Gasteiger partial charge in [0.1, 0.15) is 0 Å². The van der Waals surface area contributed by atoms with Gasteiger partial charge in [-0.1, -0.05) is 18.2 Å². The average molecular weight is 258 g/mol. The molecule has 102 valence electrons. The van der Waals surface area contributed by atoms with Crippen molar-refractivity contribution in [2.24, 2.45) is 0 Å². The molecule has 1 unspecified atom stereocenters. The molecule has 1 aromatic heterocycles. The fraction of sp³-hybridized carbons (Fsp3) is 0.438. The minimum atomic E-state index is -0.507. The number of hydrogen-bond donors (Lipinski definition) is 1. The predicted octanol–water partition coefficient (Wildman–Crippen LogP) is 3.36. The molecule has 19 heavy (non-hydrogen) atoms. The van der Waals surface area contributed by atoms with Crippen LogP contribution >= 0.6 is 0 Å². The maximum Gasteiger partial charge on any atom is 0.0996 e. The summed E-state index contributed by atoms with van der Waals surface area (Å²) in [5, 5.41) is 10.4. The van der Waals surface area contributed by atoms with Gasteiger partial charge in [0.25, 0.3) is 0 Å². The van der Waals surface area contributed by atoms with Crippen LogP contribution in [-0.2, 0) is 6.42 Å². The van der Waals surface area contributed by atoms with Gasteiger partial charge in [0.15, 0.2) is 0 Å². The fourth-order valence-corrected chi connectivity index (χ4v) is 2.26. The van der Waals surface area contributed by atoms with Crippen molar-refractivity contribution < 1.29 is 5.11 Å². The molecule has 0 aliphatic heterocycles. The molecule has 1 atom stereocenters. The van der Waals surface area contributed by atoms with Crippen LogP contribution in [0.1, 0.15) is 48.4 Å². The van der Waals surface area contributed by atoms with E-state index < -0.39 is 6.10 Å². The van der Waals surface area contributed by atoms with E-state index in [1.807, 2.05) is 4.57 Å². The summed E-state index contributed by atoms with van der Waals surface area (Å²) in [6.07, 6.45) is 3.65. The van der Waals surface area contributed by atoms with Gasteiger partial charge in [-0.3, -0.25) is 0 Å². The molecule has 1 heterocycles. The van der Waals surface area contributed by atoms with Gasteiger partial charge in [0, 0.05) is 12.5 Å². The Hall–Kier alpha value is -1.61. The summed E-state index contributed by atoms with van der Waals surface area (Å²) in [4.78, 5) is 4.14. The summed E-state index contributed by atoms with van der Waals surface area (Å²) in [5.74, 6) is 0. The number of aryl methyl sites for hydroxylation is 2. The summed E-state index contributed by atoms with van der Waals surface area (Å²) < 4.78 is 2.02. The first kappa shape index (κ1) is 13.8. The first-order valence-corrected chi connectivity index (χ1v) is 6.75. The van der Waals surface area contributed by atoms with E-state index in [0.29, 0.717) is 12.5 Å². The molecule has 0 aliphatic rings. The smallest absolute Gasteiger partial charge is 0.0996 e. The zero-order valence-electron chi connectivity index (χ0n) is 12.1. The van der Waals surface area contributed by atoms with Crippen LogP contribution in [0.5, 0.6) is 0 Å². The number of imidazole rings is 1. The topological polar surface area (TPSA) is 38.1 Å². The fourth-order valence-electron chi connectivity index (χ4n) is 2.26. The van der Waals surface area contributed by atoms with Crippen LogP contribution in [0.3, 0.4) is 0 Å². The second-order valence-electron chi connectivity index (χ2n) is 5.46. The maximum absolute atomic E-state index is 10.4. The largest absolute Gasteiger partial charge is 0.386 e. The average Bonchev–Trinajstić information content (AvgIpc) is 2.83. The van der Waals surface area contributed by atoms with Crippen molar-refractivity contribution in [3.05, 3.63) is 53.1 Å². The Morgan fingerprint density at radius 2 is 1.95 bits per heavy atom. The first-order valence-electron chi connectivity index (χ1n) is 6.75. The molecule has 0 saturated carbocycles. The highest BCUT2D eigenvalue weighted by Crippen LogP contribution is 2.22. The molecule has 0 bridgehead atoms. The standard InChI is InChI=1S/C16H22N2O/c1-11(2)18-10-17-9-15(18)16(19)8-14-6-5-12(3)13(4)7-14/h5-7,9-11,16,19H,8H2,1-4H3. The van der Waals surface area contributed by atoms with E-state index in [4.69, 9.17) is 0 Å². The molecule has 1 aromatic carbocycles. The van der Waals surface area contributed by atoms with E-state index in [-0.39, 0.29) is 0 Å². The van der Waals surface area contributed by atoms with Crippen molar-refractivity contribution in [1.29, 1.82) is 0 Å². The minimum absolute atomic E-state index is 0.312. The van der Waals surface area contributed by atoms with E-state index in [9.17, 15) is 5.11 Å². The highest BCUT2D eigenvalue weighted by atomic mass is 16.3. The van der Waals surface area contributed by atoms with E-state index in [1.165, 1.54) is 11.1 Å². The lowest BCUT2D eigenvalue weighted by atomic mass is 10.0. The Morgan fingerprint density at radius 3 is 2.58 bits per heavy atom. The molecular weight excluding hydrogens is 236 g/mol. The van der Waals surface area contributed by atoms with Crippen molar-refractivity contribution in [1.82, 2.24) is 9.55 Å². The quantitative estimate of drug-likeness (QED) is 0.913. The third-order valence-electron chi connectivity index (χ3n) is 3.59. The van der Waals surface area contributed by atoms with Gasteiger partial charge < -0.3 is 9.67 Å². The second-order valence-corrected chi connectivity index (χ2v) is 5.46. The maximum atomic E-state index is 10.4. The lowest BCUT2D eigenvalue weighted by molar-refractivity contribution is 0.167. The lowest BCUT2D eigenvalue weighted by Gasteiger charge is -2.17. The van der Waals surface area contributed by atoms with Crippen LogP contribution in [0.4, 0.5) is 0 Å². The normalized spacial score (nSPS) is 12.9. The van der Waals surface area contributed by atoms with Gasteiger partial charge in [-0.15, -0.1) is 0 Å². The van der Waals surface area contributed by atoms with E-state index in [1.54, 1.807) is 12.5 Å². The van der Waals surface area contributed by atoms with Gasteiger partial charge >= 0.3 is 0 Å². The molecule has 2 aromatic rings. The van der Waals surface area contributed by atoms with Crippen molar-refractivity contribution in [3.8, 4) is 0 Å². The minimum Gasteiger partial charge on any atom is -0.386 e. The molecule has 0 amide bonds. The number of benzene rings is 1. The van der Waals surface area contributed by atoms with Gasteiger partial charge in [-0.25, -0.2) is 4.98 Å². The molecule has 3 heteroatoms. The molecule has 2 rings (SSSR count). The molecular formula is C16H22N2O. The first-order chi connectivity index (χ1) is 8.99. The molecule has 0 fully saturated rings. The number of nitrogens with zero attached hydrogens (tertiary/aromatic N) is 2. The van der Waals surface area contributed by atoms with Crippen molar-refractivity contribution in [2.75, 3.05) is 0 Å². The Balaban J connectivity index is 2.18. The van der Waals surface area contributed by atoms with Crippen LogP contribution in [-0.4, -0.2) is 14.7 Å². The third-order valence-corrected chi connectivity index (χ3v) is 3.59. The second kappa shape index (κ2) is 5.57. The SMILES string of the molecule is Cc1ccc(CC(O)c2cncn2C(C)C)cc1C. The molecule has 0 saturated heterocycles. The van der Waals surface area contributed by atoms with Gasteiger partial charge in [0.2, 0.25) is 0 Å². The van der Waals surface area contributed by atoms with Gasteiger partial charge in [-0.2, -0.15) is 0 Å². The Morgan fingerprint density at radius 1 is 1.21 bits per heavy atom. The third kappa shape index (κ3) is 3.04. The number of aromatic nitrogens is 2. The molecule has 0 aliphatic carbocycles. The Bertz CT molecular complexity index is 558. The van der Waals surface area contributed by atoms with Crippen LogP contribution in [0.2, 0.25) is 0 Å². The summed E-state index contributed by atoms with van der Waals surface area (Å²) in [6, 6.07) is 6.65. The molecule has 1 N–H and O–H groups in total. The van der Waals surface area contributed by atoms with Crippen molar-refractivity contribution in [2.45, 2.75) is 46.3 Å². The monoisotopic (exact) mass is 258 g/mol. The Labute approximate surface area is 114 Å². The van der Waals surface area contributed by atoms with E-state index >= 15 is 0 Å². The van der Waals surface area contributed by atoms with Crippen LogP contribution in [0.25, 0.3) is 0 Å². The van der Waals surface area contributed by atoms with E-state index in [0.717, 1.165) is 11.3 Å². The lowest BCUT2D eigenvalue weighted by Crippen LogP contribution is -2.11. The van der Waals surface area contributed by atoms with E-state index in [2.05, 4.69) is 50.9 Å². The summed E-state index contributed by atoms with van der Waals surface area (Å²) in [6.45, 7) is 8.38. The zero-order chi connectivity index (χ0) is 14.0. The van der Waals surface area contributed by atoms with Crippen LogP contribution < -0.4 is 0 Å².